The van der Waals surface area contributed by atoms with Crippen LogP contribution in [0.4, 0.5) is 0 Å². The maximum atomic E-state index is 11.8. The molecule has 2 rings (SSSR count). The van der Waals surface area contributed by atoms with Crippen LogP contribution in [0, 0.1) is 18.3 Å². The van der Waals surface area contributed by atoms with Crippen molar-refractivity contribution in [2.45, 2.75) is 19.0 Å². The summed E-state index contributed by atoms with van der Waals surface area (Å²) in [6.45, 7) is 3.77. The summed E-state index contributed by atoms with van der Waals surface area (Å²) in [5, 5.41) is 10.4. The zero-order chi connectivity index (χ0) is 18.9. The fourth-order valence-corrected chi connectivity index (χ4v) is 2.91. The number of allylic oxidation sites excluding steroid dienone is 2. The van der Waals surface area contributed by atoms with Gasteiger partial charge in [0.1, 0.15) is 11.6 Å². The van der Waals surface area contributed by atoms with Crippen LogP contribution in [0.25, 0.3) is 4.91 Å². The Morgan fingerprint density at radius 1 is 1.31 bits per heavy atom. The number of aromatic nitrogens is 2. The first-order valence-electron chi connectivity index (χ1n) is 7.76. The molecule has 0 bridgehead atoms. The number of nitrogens with zero attached hydrogens (tertiary/aromatic N) is 3. The molecule has 0 atom stereocenters. The molecule has 0 aliphatic rings. The van der Waals surface area contributed by atoms with Crippen LogP contribution in [0.2, 0.25) is 5.02 Å². The van der Waals surface area contributed by atoms with E-state index in [2.05, 4.69) is 9.97 Å². The van der Waals surface area contributed by atoms with Crippen LogP contribution < -0.4 is 0 Å². The normalized spacial score (nSPS) is 11.8. The van der Waals surface area contributed by atoms with E-state index in [0.29, 0.717) is 10.2 Å². The van der Waals surface area contributed by atoms with Crippen molar-refractivity contribution in [2.75, 3.05) is 6.61 Å². The highest BCUT2D eigenvalue weighted by atomic mass is 35.5. The third-order valence-electron chi connectivity index (χ3n) is 3.12. The van der Waals surface area contributed by atoms with Gasteiger partial charge in [0.15, 0.2) is 5.16 Å². The molecule has 0 N–H and O–H groups in total. The minimum atomic E-state index is -0.654. The Bertz CT molecular complexity index is 886. The Hall–Kier alpha value is -2.62. The van der Waals surface area contributed by atoms with Gasteiger partial charge in [-0.1, -0.05) is 23.7 Å². The molecule has 1 aromatic carbocycles. The number of hydrogen-bond acceptors (Lipinski definition) is 6. The molecular formula is C19H16ClN3O2S. The summed E-state index contributed by atoms with van der Waals surface area (Å²) in [5.74, 6) is -0.654. The minimum absolute atomic E-state index is 0.0796. The number of thioether (sulfide) groups is 1. The van der Waals surface area contributed by atoms with Crippen molar-refractivity contribution in [3.63, 3.8) is 0 Å². The number of carbonyl (C=O) groups excluding carboxylic acids is 1. The number of halogens is 1. The van der Waals surface area contributed by atoms with Crippen LogP contribution in [-0.4, -0.2) is 22.5 Å². The zero-order valence-corrected chi connectivity index (χ0v) is 15.8. The summed E-state index contributed by atoms with van der Waals surface area (Å²) >= 11 is 7.29. The number of nitriles is 1. The quantitative estimate of drug-likeness (QED) is 0.181. The number of rotatable bonds is 6. The van der Waals surface area contributed by atoms with Gasteiger partial charge in [-0.25, -0.2) is 14.8 Å². The van der Waals surface area contributed by atoms with E-state index in [0.717, 1.165) is 16.2 Å². The zero-order valence-electron chi connectivity index (χ0n) is 14.3. The molecule has 0 spiro atoms. The Balaban J connectivity index is 2.40. The lowest BCUT2D eigenvalue weighted by molar-refractivity contribution is -0.138. The summed E-state index contributed by atoms with van der Waals surface area (Å²) in [4.78, 5) is 21.2. The number of ether oxygens (including phenoxy) is 1. The molecule has 26 heavy (non-hydrogen) atoms. The van der Waals surface area contributed by atoms with Crippen LogP contribution >= 0.6 is 23.4 Å². The monoisotopic (exact) mass is 385 g/mol. The van der Waals surface area contributed by atoms with Gasteiger partial charge in [-0.05, 0) is 61.5 Å². The predicted octanol–water partition coefficient (Wildman–Crippen LogP) is 4.58. The molecule has 1 aromatic heterocycles. The fraction of sp³-hybridized carbons (Fsp3) is 0.158. The highest BCUT2D eigenvalue weighted by molar-refractivity contribution is 8.08. The van der Waals surface area contributed by atoms with Gasteiger partial charge in [-0.15, -0.1) is 0 Å². The first-order valence-corrected chi connectivity index (χ1v) is 8.95. The Kier molecular flexibility index (Phi) is 7.39. The highest BCUT2D eigenvalue weighted by Gasteiger charge is 2.10. The van der Waals surface area contributed by atoms with Crippen molar-refractivity contribution in [1.82, 2.24) is 9.97 Å². The predicted molar refractivity (Wildman–Crippen MR) is 102 cm³/mol. The molecule has 0 radical (unpaired) electrons. The second-order valence-electron chi connectivity index (χ2n) is 5.03. The molecule has 7 heteroatoms. The van der Waals surface area contributed by atoms with Crippen molar-refractivity contribution in [2.24, 2.45) is 0 Å². The first kappa shape index (κ1) is 19.7. The second-order valence-corrected chi connectivity index (χ2v) is 6.48. The molecular weight excluding hydrogens is 370 g/mol. The number of carbonyl (C=O) groups is 1. The standard InChI is InChI=1S/C19H16ClN3O2S/c1-3-25-18(24)15(12-21)6-9-17(14-4-7-16(20)8-5-14)26-19-22-11-10-13(2)23-19/h4-11H,3H2,1-2H3/b15-6+,17-9-. The molecule has 0 aliphatic carbocycles. The molecule has 132 valence electrons. The topological polar surface area (TPSA) is 75.9 Å². The summed E-state index contributed by atoms with van der Waals surface area (Å²) in [7, 11) is 0. The highest BCUT2D eigenvalue weighted by Crippen LogP contribution is 2.33. The number of esters is 1. The van der Waals surface area contributed by atoms with Crippen LogP contribution in [0.5, 0.6) is 0 Å². The smallest absolute Gasteiger partial charge is 0.348 e. The van der Waals surface area contributed by atoms with Crippen LogP contribution in [0.15, 0.2) is 59.4 Å². The molecule has 0 unspecified atom stereocenters. The SMILES string of the molecule is CCOC(=O)/C(C#N)=C/C=C(\Sc1nccc(C)n1)c1ccc(Cl)cc1. The first-order chi connectivity index (χ1) is 12.5. The molecule has 0 saturated carbocycles. The average molecular weight is 386 g/mol. The number of hydrogen-bond donors (Lipinski definition) is 0. The van der Waals surface area contributed by atoms with Gasteiger partial charge in [0, 0.05) is 21.8 Å². The van der Waals surface area contributed by atoms with Crippen LogP contribution in [0.3, 0.4) is 0 Å². The number of aryl methyl sites for hydroxylation is 1. The van der Waals surface area contributed by atoms with E-state index in [9.17, 15) is 10.1 Å². The van der Waals surface area contributed by atoms with Crippen molar-refractivity contribution in [3.8, 4) is 6.07 Å². The van der Waals surface area contributed by atoms with E-state index in [1.54, 1.807) is 31.3 Å². The van der Waals surface area contributed by atoms with E-state index in [-0.39, 0.29) is 12.2 Å². The lowest BCUT2D eigenvalue weighted by Crippen LogP contribution is -2.05. The molecule has 1 heterocycles. The summed E-state index contributed by atoms with van der Waals surface area (Å²) in [6.07, 6.45) is 4.79. The van der Waals surface area contributed by atoms with Crippen LogP contribution in [0.1, 0.15) is 18.2 Å². The molecule has 0 saturated heterocycles. The maximum absolute atomic E-state index is 11.8. The summed E-state index contributed by atoms with van der Waals surface area (Å²) < 4.78 is 4.87. The molecule has 0 fully saturated rings. The molecule has 0 amide bonds. The third-order valence-corrected chi connectivity index (χ3v) is 4.34. The summed E-state index contributed by atoms with van der Waals surface area (Å²) in [5.41, 5.74) is 1.63. The van der Waals surface area contributed by atoms with Gasteiger partial charge in [0.05, 0.1) is 6.61 Å². The van der Waals surface area contributed by atoms with Crippen molar-refractivity contribution in [1.29, 1.82) is 5.26 Å². The molecule has 0 aliphatic heterocycles. The van der Waals surface area contributed by atoms with Gasteiger partial charge in [-0.3, -0.25) is 0 Å². The van der Waals surface area contributed by atoms with E-state index >= 15 is 0 Å². The van der Waals surface area contributed by atoms with E-state index < -0.39 is 5.97 Å². The summed E-state index contributed by atoms with van der Waals surface area (Å²) in [6, 6.07) is 10.9. The minimum Gasteiger partial charge on any atom is -0.462 e. The van der Waals surface area contributed by atoms with Gasteiger partial charge >= 0.3 is 5.97 Å². The number of benzene rings is 1. The Labute approximate surface area is 161 Å². The third kappa shape index (κ3) is 5.73. The average Bonchev–Trinajstić information content (AvgIpc) is 2.62. The lowest BCUT2D eigenvalue weighted by Gasteiger charge is -2.07. The van der Waals surface area contributed by atoms with Gasteiger partial charge < -0.3 is 4.74 Å². The Morgan fingerprint density at radius 3 is 2.65 bits per heavy atom. The Morgan fingerprint density at radius 2 is 2.04 bits per heavy atom. The molecule has 5 nitrogen and oxygen atoms in total. The second kappa shape index (κ2) is 9.76. The van der Waals surface area contributed by atoms with Crippen molar-refractivity contribution in [3.05, 3.63) is 70.5 Å². The van der Waals surface area contributed by atoms with E-state index in [4.69, 9.17) is 16.3 Å². The van der Waals surface area contributed by atoms with E-state index in [1.807, 2.05) is 31.2 Å². The van der Waals surface area contributed by atoms with Gasteiger partial charge in [-0.2, -0.15) is 5.26 Å². The van der Waals surface area contributed by atoms with Crippen molar-refractivity contribution < 1.29 is 9.53 Å². The fourth-order valence-electron chi connectivity index (χ4n) is 1.90. The lowest BCUT2D eigenvalue weighted by atomic mass is 10.2. The van der Waals surface area contributed by atoms with Crippen LogP contribution in [-0.2, 0) is 9.53 Å². The van der Waals surface area contributed by atoms with Crippen molar-refractivity contribution >= 4 is 34.2 Å². The largest absolute Gasteiger partial charge is 0.462 e. The molecule has 2 aromatic rings. The van der Waals surface area contributed by atoms with Gasteiger partial charge in [0.25, 0.3) is 0 Å². The van der Waals surface area contributed by atoms with Gasteiger partial charge in [0.2, 0.25) is 0 Å². The maximum Gasteiger partial charge on any atom is 0.348 e. The van der Waals surface area contributed by atoms with E-state index in [1.165, 1.54) is 17.8 Å².